The topological polar surface area (TPSA) is 67.5 Å². The molecule has 3 aromatic rings. The minimum absolute atomic E-state index is 0.146. The SMILES string of the molecule is Cn1c(=O)c(=O)n(CC(=O)N2CCN(c3cccc(Cl)c3)CC2)c2ccccc21. The Hall–Kier alpha value is -3.06. The lowest BCUT2D eigenvalue weighted by Gasteiger charge is -2.36. The maximum Gasteiger partial charge on any atom is 0.317 e. The minimum atomic E-state index is -0.683. The number of anilines is 1. The molecule has 0 bridgehead atoms. The number of nitrogens with zero attached hydrogens (tertiary/aromatic N) is 4. The van der Waals surface area contributed by atoms with Crippen molar-refractivity contribution in [1.29, 1.82) is 0 Å². The molecule has 0 spiro atoms. The Morgan fingerprint density at radius 3 is 2.31 bits per heavy atom. The third-order valence-corrected chi connectivity index (χ3v) is 5.60. The first-order chi connectivity index (χ1) is 14.0. The summed E-state index contributed by atoms with van der Waals surface area (Å²) in [6.45, 7) is 2.30. The van der Waals surface area contributed by atoms with Crippen molar-refractivity contribution < 1.29 is 4.79 Å². The first-order valence-corrected chi connectivity index (χ1v) is 9.80. The van der Waals surface area contributed by atoms with Gasteiger partial charge in [-0.3, -0.25) is 19.0 Å². The van der Waals surface area contributed by atoms with Crippen LogP contribution in [-0.2, 0) is 18.4 Å². The molecule has 1 saturated heterocycles. The highest BCUT2D eigenvalue weighted by Gasteiger charge is 2.23. The van der Waals surface area contributed by atoms with Crippen LogP contribution in [-0.4, -0.2) is 46.1 Å². The van der Waals surface area contributed by atoms with Crippen LogP contribution >= 0.6 is 11.6 Å². The van der Waals surface area contributed by atoms with Gasteiger partial charge in [0.05, 0.1) is 11.0 Å². The molecule has 0 unspecified atom stereocenters. The van der Waals surface area contributed by atoms with Crippen molar-refractivity contribution in [3.8, 4) is 0 Å². The van der Waals surface area contributed by atoms with Crippen LogP contribution in [0.15, 0.2) is 58.1 Å². The number of benzene rings is 2. The van der Waals surface area contributed by atoms with Crippen LogP contribution in [0.4, 0.5) is 5.69 Å². The fourth-order valence-corrected chi connectivity index (χ4v) is 3.92. The molecule has 0 aliphatic carbocycles. The van der Waals surface area contributed by atoms with E-state index in [9.17, 15) is 14.4 Å². The maximum atomic E-state index is 12.9. The van der Waals surface area contributed by atoms with Gasteiger partial charge in [0.2, 0.25) is 5.91 Å². The van der Waals surface area contributed by atoms with Gasteiger partial charge >= 0.3 is 11.1 Å². The summed E-state index contributed by atoms with van der Waals surface area (Å²) in [5, 5.41) is 0.679. The Labute approximate surface area is 172 Å². The second kappa shape index (κ2) is 7.75. The molecule has 7 nitrogen and oxygen atoms in total. The standard InChI is InChI=1S/C21H21ClN4O3/c1-23-17-7-2-3-8-18(17)26(21(29)20(23)28)14-19(27)25-11-9-24(10-12-25)16-6-4-5-15(22)13-16/h2-8,13H,9-12,14H2,1H3. The van der Waals surface area contributed by atoms with Gasteiger partial charge in [-0.25, -0.2) is 0 Å². The summed E-state index contributed by atoms with van der Waals surface area (Å²) < 4.78 is 2.60. The molecule has 0 radical (unpaired) electrons. The molecule has 150 valence electrons. The second-order valence-corrected chi connectivity index (χ2v) is 7.53. The van der Waals surface area contributed by atoms with Crippen molar-refractivity contribution in [1.82, 2.24) is 14.0 Å². The number of piperazine rings is 1. The lowest BCUT2D eigenvalue weighted by atomic mass is 10.2. The monoisotopic (exact) mass is 412 g/mol. The number of halogens is 1. The van der Waals surface area contributed by atoms with E-state index in [1.165, 1.54) is 9.13 Å². The molecule has 2 aromatic carbocycles. The number of amides is 1. The molecule has 4 rings (SSSR count). The van der Waals surface area contributed by atoms with Gasteiger partial charge in [-0.05, 0) is 30.3 Å². The Bertz CT molecular complexity index is 1190. The number of aromatic nitrogens is 2. The Morgan fingerprint density at radius 2 is 1.62 bits per heavy atom. The van der Waals surface area contributed by atoms with Crippen LogP contribution in [0.5, 0.6) is 0 Å². The zero-order valence-corrected chi connectivity index (χ0v) is 16.8. The normalized spacial score (nSPS) is 14.4. The number of fused-ring (bicyclic) bond motifs is 1. The van der Waals surface area contributed by atoms with Crippen LogP contribution < -0.4 is 16.0 Å². The van der Waals surface area contributed by atoms with E-state index >= 15 is 0 Å². The van der Waals surface area contributed by atoms with Gasteiger partial charge in [0, 0.05) is 43.9 Å². The van der Waals surface area contributed by atoms with E-state index in [0.717, 1.165) is 5.69 Å². The minimum Gasteiger partial charge on any atom is -0.368 e. The fraction of sp³-hybridized carbons (Fsp3) is 0.286. The molecule has 1 aliphatic rings. The summed E-state index contributed by atoms with van der Waals surface area (Å²) in [6, 6.07) is 14.7. The van der Waals surface area contributed by atoms with Gasteiger partial charge in [0.1, 0.15) is 6.54 Å². The summed E-state index contributed by atoms with van der Waals surface area (Å²) in [7, 11) is 1.56. The summed E-state index contributed by atoms with van der Waals surface area (Å²) >= 11 is 6.07. The van der Waals surface area contributed by atoms with Crippen molar-refractivity contribution in [2.45, 2.75) is 6.54 Å². The molecule has 2 heterocycles. The quantitative estimate of drug-likeness (QED) is 0.614. The first-order valence-electron chi connectivity index (χ1n) is 9.42. The second-order valence-electron chi connectivity index (χ2n) is 7.09. The van der Waals surface area contributed by atoms with E-state index in [1.54, 1.807) is 36.2 Å². The zero-order chi connectivity index (χ0) is 20.5. The molecule has 1 aliphatic heterocycles. The van der Waals surface area contributed by atoms with Crippen molar-refractivity contribution in [3.05, 3.63) is 74.3 Å². The average molecular weight is 413 g/mol. The Balaban J connectivity index is 1.53. The van der Waals surface area contributed by atoms with E-state index in [2.05, 4.69) is 4.90 Å². The molecule has 29 heavy (non-hydrogen) atoms. The number of rotatable bonds is 3. The molecule has 1 amide bonds. The van der Waals surface area contributed by atoms with Crippen molar-refractivity contribution in [2.24, 2.45) is 7.05 Å². The van der Waals surface area contributed by atoms with Gasteiger partial charge in [0.25, 0.3) is 0 Å². The molecule has 1 fully saturated rings. The molecule has 0 N–H and O–H groups in total. The van der Waals surface area contributed by atoms with Crippen molar-refractivity contribution in [2.75, 3.05) is 31.1 Å². The molecule has 8 heteroatoms. The lowest BCUT2D eigenvalue weighted by Crippen LogP contribution is -2.51. The summed E-state index contributed by atoms with van der Waals surface area (Å²) in [4.78, 5) is 41.6. The third kappa shape index (κ3) is 3.65. The third-order valence-electron chi connectivity index (χ3n) is 5.37. The van der Waals surface area contributed by atoms with Crippen LogP contribution in [0.2, 0.25) is 5.02 Å². The summed E-state index contributed by atoms with van der Waals surface area (Å²) in [5.74, 6) is -0.170. The van der Waals surface area contributed by atoms with E-state index in [1.807, 2.05) is 24.3 Å². The van der Waals surface area contributed by atoms with Gasteiger partial charge in [-0.2, -0.15) is 0 Å². The smallest absolute Gasteiger partial charge is 0.317 e. The number of aryl methyl sites for hydroxylation is 1. The summed E-state index contributed by atoms with van der Waals surface area (Å²) in [6.07, 6.45) is 0. The number of hydrogen-bond donors (Lipinski definition) is 0. The van der Waals surface area contributed by atoms with E-state index in [4.69, 9.17) is 11.6 Å². The van der Waals surface area contributed by atoms with E-state index in [0.29, 0.717) is 42.2 Å². The largest absolute Gasteiger partial charge is 0.368 e. The Morgan fingerprint density at radius 1 is 0.931 bits per heavy atom. The molecular weight excluding hydrogens is 392 g/mol. The number of hydrogen-bond acceptors (Lipinski definition) is 4. The summed E-state index contributed by atoms with van der Waals surface area (Å²) in [5.41, 5.74) is 0.902. The van der Waals surface area contributed by atoms with Crippen molar-refractivity contribution >= 4 is 34.2 Å². The molecule has 0 saturated carbocycles. The fourth-order valence-electron chi connectivity index (χ4n) is 3.73. The Kier molecular flexibility index (Phi) is 5.15. The average Bonchev–Trinajstić information content (AvgIpc) is 2.75. The predicted molar refractivity (Wildman–Crippen MR) is 114 cm³/mol. The van der Waals surface area contributed by atoms with Crippen LogP contribution in [0.25, 0.3) is 11.0 Å². The molecule has 0 atom stereocenters. The highest BCUT2D eigenvalue weighted by atomic mass is 35.5. The first kappa shape index (κ1) is 19.3. The number of carbonyl (C=O) groups excluding carboxylic acids is 1. The van der Waals surface area contributed by atoms with Gasteiger partial charge in [-0.15, -0.1) is 0 Å². The van der Waals surface area contributed by atoms with Crippen LogP contribution in [0, 0.1) is 0 Å². The lowest BCUT2D eigenvalue weighted by molar-refractivity contribution is -0.132. The van der Waals surface area contributed by atoms with Crippen LogP contribution in [0.1, 0.15) is 0 Å². The number of carbonyl (C=O) groups is 1. The van der Waals surface area contributed by atoms with Crippen LogP contribution in [0.3, 0.4) is 0 Å². The highest BCUT2D eigenvalue weighted by molar-refractivity contribution is 6.30. The molecule has 1 aromatic heterocycles. The predicted octanol–water partition coefficient (Wildman–Crippen LogP) is 1.70. The van der Waals surface area contributed by atoms with Gasteiger partial charge in [0.15, 0.2) is 0 Å². The van der Waals surface area contributed by atoms with Gasteiger partial charge < -0.3 is 14.4 Å². The molecular formula is C21H21ClN4O3. The van der Waals surface area contributed by atoms with Crippen molar-refractivity contribution in [3.63, 3.8) is 0 Å². The highest BCUT2D eigenvalue weighted by Crippen LogP contribution is 2.21. The number of para-hydroxylation sites is 2. The van der Waals surface area contributed by atoms with E-state index < -0.39 is 11.1 Å². The maximum absolute atomic E-state index is 12.9. The van der Waals surface area contributed by atoms with Gasteiger partial charge in [-0.1, -0.05) is 29.8 Å². The zero-order valence-electron chi connectivity index (χ0n) is 16.0. The van der Waals surface area contributed by atoms with E-state index in [-0.39, 0.29) is 12.5 Å².